The molecular weight excluding hydrogens is 216 g/mol. The van der Waals surface area contributed by atoms with Crippen LogP contribution >= 0.6 is 0 Å². The highest BCUT2D eigenvalue weighted by Crippen LogP contribution is 2.35. The van der Waals surface area contributed by atoms with Crippen molar-refractivity contribution in [3.63, 3.8) is 0 Å². The molecule has 1 fully saturated rings. The van der Waals surface area contributed by atoms with Crippen molar-refractivity contribution < 1.29 is 0 Å². The van der Waals surface area contributed by atoms with Crippen LogP contribution in [0.4, 0.5) is 0 Å². The predicted molar refractivity (Wildman–Crippen MR) is 82.8 cm³/mol. The molecule has 100 valence electrons. The summed E-state index contributed by atoms with van der Waals surface area (Å²) in [4.78, 5) is 0. The molecule has 1 saturated carbocycles. The minimum atomic E-state index is 0.963. The van der Waals surface area contributed by atoms with Gasteiger partial charge in [0.2, 0.25) is 0 Å². The Labute approximate surface area is 113 Å². The number of aryl methyl sites for hydroxylation is 2. The molecule has 1 aliphatic rings. The third kappa shape index (κ3) is 4.33. The Kier molecular flexibility index (Phi) is 5.65. The van der Waals surface area contributed by atoms with Crippen LogP contribution in [0, 0.1) is 18.8 Å². The largest absolute Gasteiger partial charge is 0.0955 e. The molecular formula is C18H28. The second-order valence-corrected chi connectivity index (χ2v) is 5.82. The first-order valence-electron chi connectivity index (χ1n) is 7.21. The fourth-order valence-electron chi connectivity index (χ4n) is 2.40. The van der Waals surface area contributed by atoms with Crippen molar-refractivity contribution in [1.29, 1.82) is 0 Å². The van der Waals surface area contributed by atoms with Crippen LogP contribution in [0.3, 0.4) is 0 Å². The van der Waals surface area contributed by atoms with Crippen LogP contribution in [-0.4, -0.2) is 0 Å². The van der Waals surface area contributed by atoms with E-state index in [-0.39, 0.29) is 0 Å². The maximum Gasteiger partial charge on any atom is -0.0172 e. The van der Waals surface area contributed by atoms with Gasteiger partial charge in [-0.25, -0.2) is 0 Å². The molecule has 0 bridgehead atoms. The topological polar surface area (TPSA) is 0 Å². The minimum absolute atomic E-state index is 0.963. The van der Waals surface area contributed by atoms with E-state index in [1.807, 2.05) is 0 Å². The highest BCUT2D eigenvalue weighted by atomic mass is 14.3. The van der Waals surface area contributed by atoms with Crippen molar-refractivity contribution in [1.82, 2.24) is 0 Å². The van der Waals surface area contributed by atoms with Crippen molar-refractivity contribution in [2.24, 2.45) is 11.8 Å². The SMILES string of the molecule is C=C(C)c1c(C)cccc1CC.CC(C)C1CC1. The molecule has 0 atom stereocenters. The second kappa shape index (κ2) is 6.78. The summed E-state index contributed by atoms with van der Waals surface area (Å²) >= 11 is 0. The van der Waals surface area contributed by atoms with Crippen LogP contribution in [0.25, 0.3) is 5.57 Å². The third-order valence-corrected chi connectivity index (χ3v) is 3.73. The van der Waals surface area contributed by atoms with E-state index in [0.29, 0.717) is 0 Å². The van der Waals surface area contributed by atoms with Gasteiger partial charge in [0.15, 0.2) is 0 Å². The number of hydrogen-bond donors (Lipinski definition) is 0. The lowest BCUT2D eigenvalue weighted by atomic mass is 9.95. The average molecular weight is 244 g/mol. The van der Waals surface area contributed by atoms with Gasteiger partial charge in [0, 0.05) is 0 Å². The van der Waals surface area contributed by atoms with E-state index in [4.69, 9.17) is 0 Å². The molecule has 0 radical (unpaired) electrons. The monoisotopic (exact) mass is 244 g/mol. The molecule has 1 aromatic carbocycles. The summed E-state index contributed by atoms with van der Waals surface area (Å²) in [5.74, 6) is 2.06. The van der Waals surface area contributed by atoms with E-state index in [0.717, 1.165) is 18.3 Å². The molecule has 0 N–H and O–H groups in total. The Morgan fingerprint density at radius 1 is 1.33 bits per heavy atom. The lowest BCUT2D eigenvalue weighted by Gasteiger charge is -2.10. The maximum absolute atomic E-state index is 3.99. The van der Waals surface area contributed by atoms with Gasteiger partial charge in [-0.05, 0) is 61.6 Å². The zero-order chi connectivity index (χ0) is 13.7. The lowest BCUT2D eigenvalue weighted by Crippen LogP contribution is -1.92. The normalized spacial score (nSPS) is 14.1. The first-order chi connectivity index (χ1) is 8.47. The molecule has 2 rings (SSSR count). The quantitative estimate of drug-likeness (QED) is 0.645. The number of rotatable bonds is 3. The van der Waals surface area contributed by atoms with Crippen LogP contribution in [0.2, 0.25) is 0 Å². The molecule has 0 aromatic heterocycles. The summed E-state index contributed by atoms with van der Waals surface area (Å²) in [5.41, 5.74) is 5.26. The van der Waals surface area contributed by atoms with E-state index in [2.05, 4.69) is 59.4 Å². The van der Waals surface area contributed by atoms with Crippen molar-refractivity contribution in [3.05, 3.63) is 41.5 Å². The van der Waals surface area contributed by atoms with Crippen molar-refractivity contribution in [3.8, 4) is 0 Å². The second-order valence-electron chi connectivity index (χ2n) is 5.82. The Morgan fingerprint density at radius 2 is 1.94 bits per heavy atom. The molecule has 0 heterocycles. The van der Waals surface area contributed by atoms with Crippen LogP contribution < -0.4 is 0 Å². The average Bonchev–Trinajstić information content (AvgIpc) is 3.12. The third-order valence-electron chi connectivity index (χ3n) is 3.73. The summed E-state index contributed by atoms with van der Waals surface area (Å²) in [6.45, 7) is 15.0. The summed E-state index contributed by atoms with van der Waals surface area (Å²) < 4.78 is 0. The Morgan fingerprint density at radius 3 is 2.22 bits per heavy atom. The predicted octanol–water partition coefficient (Wildman–Crippen LogP) is 5.64. The van der Waals surface area contributed by atoms with Crippen LogP contribution in [0.5, 0.6) is 0 Å². The molecule has 0 amide bonds. The zero-order valence-electron chi connectivity index (χ0n) is 12.7. The fraction of sp³-hybridized carbons (Fsp3) is 0.556. The highest BCUT2D eigenvalue weighted by Gasteiger charge is 2.23. The molecule has 0 aliphatic heterocycles. The molecule has 0 unspecified atom stereocenters. The first kappa shape index (κ1) is 15.0. The molecule has 0 saturated heterocycles. The maximum atomic E-state index is 3.99. The summed E-state index contributed by atoms with van der Waals surface area (Å²) in [6, 6.07) is 6.43. The van der Waals surface area contributed by atoms with Crippen molar-refractivity contribution in [2.75, 3.05) is 0 Å². The van der Waals surface area contributed by atoms with Gasteiger partial charge in [0.1, 0.15) is 0 Å². The standard InChI is InChI=1S/C12H16.C6H12/c1-5-11-8-6-7-10(4)12(11)9(2)3;1-5(2)6-3-4-6/h6-8H,2,5H2,1,3-4H3;5-6H,3-4H2,1-2H3. The van der Waals surface area contributed by atoms with E-state index < -0.39 is 0 Å². The van der Waals surface area contributed by atoms with Gasteiger partial charge in [-0.3, -0.25) is 0 Å². The van der Waals surface area contributed by atoms with Gasteiger partial charge in [0.05, 0.1) is 0 Å². The molecule has 18 heavy (non-hydrogen) atoms. The molecule has 0 spiro atoms. The number of allylic oxidation sites excluding steroid dienone is 1. The lowest BCUT2D eigenvalue weighted by molar-refractivity contribution is 0.563. The summed E-state index contributed by atoms with van der Waals surface area (Å²) in [5, 5.41) is 0. The van der Waals surface area contributed by atoms with Crippen molar-refractivity contribution in [2.45, 2.75) is 53.9 Å². The van der Waals surface area contributed by atoms with E-state index in [9.17, 15) is 0 Å². The molecule has 1 aromatic rings. The summed E-state index contributed by atoms with van der Waals surface area (Å²) in [7, 11) is 0. The van der Waals surface area contributed by atoms with Crippen LogP contribution in [0.1, 0.15) is 57.2 Å². The van der Waals surface area contributed by atoms with E-state index >= 15 is 0 Å². The van der Waals surface area contributed by atoms with Gasteiger partial charge < -0.3 is 0 Å². The van der Waals surface area contributed by atoms with E-state index in [1.165, 1.54) is 35.1 Å². The molecule has 0 nitrogen and oxygen atoms in total. The summed E-state index contributed by atoms with van der Waals surface area (Å²) in [6.07, 6.45) is 4.08. The van der Waals surface area contributed by atoms with Crippen LogP contribution in [-0.2, 0) is 6.42 Å². The molecule has 0 heteroatoms. The van der Waals surface area contributed by atoms with E-state index in [1.54, 1.807) is 0 Å². The smallest absolute Gasteiger partial charge is 0.0172 e. The van der Waals surface area contributed by atoms with Gasteiger partial charge >= 0.3 is 0 Å². The van der Waals surface area contributed by atoms with Crippen LogP contribution in [0.15, 0.2) is 24.8 Å². The van der Waals surface area contributed by atoms with Gasteiger partial charge in [-0.2, -0.15) is 0 Å². The zero-order valence-corrected chi connectivity index (χ0v) is 12.7. The van der Waals surface area contributed by atoms with Gasteiger partial charge in [-0.15, -0.1) is 0 Å². The van der Waals surface area contributed by atoms with Crippen molar-refractivity contribution >= 4 is 5.57 Å². The van der Waals surface area contributed by atoms with Gasteiger partial charge in [0.25, 0.3) is 0 Å². The Bertz CT molecular complexity index is 394. The minimum Gasteiger partial charge on any atom is -0.0955 e. The number of benzene rings is 1. The fourth-order valence-corrected chi connectivity index (χ4v) is 2.40. The molecule has 1 aliphatic carbocycles. The first-order valence-corrected chi connectivity index (χ1v) is 7.21. The van der Waals surface area contributed by atoms with Gasteiger partial charge in [-0.1, -0.05) is 51.1 Å². The Balaban J connectivity index is 0.000000225. The number of hydrogen-bond acceptors (Lipinski definition) is 0. The highest BCUT2D eigenvalue weighted by molar-refractivity contribution is 5.67. The Hall–Kier alpha value is -1.04.